The molecule has 0 amide bonds. The van der Waals surface area contributed by atoms with Crippen molar-refractivity contribution in [1.29, 1.82) is 0 Å². The number of hydrogen-bond donors (Lipinski definition) is 4. The van der Waals surface area contributed by atoms with E-state index >= 15 is 0 Å². The minimum atomic E-state index is -1.03. The number of benzene rings is 1. The Morgan fingerprint density at radius 1 is 1.31 bits per heavy atom. The summed E-state index contributed by atoms with van der Waals surface area (Å²) < 4.78 is 5.32. The van der Waals surface area contributed by atoms with Gasteiger partial charge in [-0.15, -0.1) is 11.3 Å². The molecule has 7 heteroatoms. The quantitative estimate of drug-likeness (QED) is 0.505. The van der Waals surface area contributed by atoms with Crippen LogP contribution in [0.2, 0.25) is 0 Å². The maximum Gasteiger partial charge on any atom is 0.338 e. The standard InChI is InChI=1S/C22H29NO5S/c1-22(2,3)14-6-9-16-17(12-14)29-20(18(16)21(26)27)23-19(25)13-4-7-15(8-5-13)28-11-10-24/h4-5,7-8,14,19,23-25H,6,9-12H2,1-3H3,(H,26,27). The monoisotopic (exact) mass is 419 g/mol. The first-order valence-corrected chi connectivity index (χ1v) is 10.7. The van der Waals surface area contributed by atoms with Crippen molar-refractivity contribution >= 4 is 22.3 Å². The molecule has 1 aliphatic carbocycles. The Labute approximate surface area is 175 Å². The number of hydrogen-bond acceptors (Lipinski definition) is 6. The van der Waals surface area contributed by atoms with Crippen molar-refractivity contribution < 1.29 is 24.9 Å². The van der Waals surface area contributed by atoms with E-state index in [0.29, 0.717) is 27.8 Å². The molecule has 2 unspecified atom stereocenters. The van der Waals surface area contributed by atoms with Gasteiger partial charge in [-0.1, -0.05) is 32.9 Å². The molecule has 0 radical (unpaired) electrons. The number of carbonyl (C=O) groups is 1. The van der Waals surface area contributed by atoms with Crippen LogP contribution in [-0.2, 0) is 12.8 Å². The maximum atomic E-state index is 11.9. The molecule has 4 N–H and O–H groups in total. The third-order valence-corrected chi connectivity index (χ3v) is 6.71. The summed E-state index contributed by atoms with van der Waals surface area (Å²) in [6.07, 6.45) is 1.58. The van der Waals surface area contributed by atoms with Gasteiger partial charge in [-0.25, -0.2) is 4.79 Å². The maximum absolute atomic E-state index is 11.9. The molecule has 6 nitrogen and oxygen atoms in total. The van der Waals surface area contributed by atoms with E-state index in [2.05, 4.69) is 26.1 Å². The Kier molecular flexibility index (Phi) is 6.51. The zero-order valence-electron chi connectivity index (χ0n) is 17.1. The lowest BCUT2D eigenvalue weighted by molar-refractivity contribution is 0.0696. The lowest BCUT2D eigenvalue weighted by Gasteiger charge is -2.33. The highest BCUT2D eigenvalue weighted by atomic mass is 32.1. The molecular formula is C22H29NO5S. The Morgan fingerprint density at radius 2 is 2.00 bits per heavy atom. The molecule has 2 atom stereocenters. The SMILES string of the molecule is CC(C)(C)C1CCc2c(sc(NC(O)c3ccc(OCCO)cc3)c2C(=O)O)C1. The fraction of sp³-hybridized carbons (Fsp3) is 0.500. The van der Waals surface area contributed by atoms with Gasteiger partial charge in [-0.2, -0.15) is 0 Å². The van der Waals surface area contributed by atoms with Gasteiger partial charge in [-0.05, 0) is 48.3 Å². The van der Waals surface area contributed by atoms with Crippen LogP contribution in [0.4, 0.5) is 5.00 Å². The van der Waals surface area contributed by atoms with Gasteiger partial charge in [0, 0.05) is 10.4 Å². The van der Waals surface area contributed by atoms with Gasteiger partial charge < -0.3 is 25.4 Å². The van der Waals surface area contributed by atoms with Gasteiger partial charge in [0.25, 0.3) is 0 Å². The van der Waals surface area contributed by atoms with Crippen LogP contribution >= 0.6 is 11.3 Å². The number of fused-ring (bicyclic) bond motifs is 1. The Morgan fingerprint density at radius 3 is 2.59 bits per heavy atom. The number of anilines is 1. The first-order valence-electron chi connectivity index (χ1n) is 9.86. The summed E-state index contributed by atoms with van der Waals surface area (Å²) in [6, 6.07) is 6.85. The lowest BCUT2D eigenvalue weighted by atomic mass is 9.72. The summed E-state index contributed by atoms with van der Waals surface area (Å²) in [4.78, 5) is 13.1. The van der Waals surface area contributed by atoms with Crippen LogP contribution in [0.5, 0.6) is 5.75 Å². The van der Waals surface area contributed by atoms with E-state index in [1.807, 2.05) is 0 Å². The van der Waals surface area contributed by atoms with Gasteiger partial charge in [0.05, 0.1) is 12.2 Å². The number of carboxylic acids is 1. The molecule has 0 spiro atoms. The van der Waals surface area contributed by atoms with Crippen molar-refractivity contribution in [3.05, 3.63) is 45.8 Å². The molecule has 1 aliphatic rings. The Balaban J connectivity index is 1.80. The predicted octanol–water partition coefficient (Wildman–Crippen LogP) is 4.07. The number of aliphatic hydroxyl groups is 2. The summed E-state index contributed by atoms with van der Waals surface area (Å²) in [5.41, 5.74) is 1.99. The first-order chi connectivity index (χ1) is 13.7. The van der Waals surface area contributed by atoms with Crippen LogP contribution in [-0.4, -0.2) is 34.5 Å². The van der Waals surface area contributed by atoms with E-state index in [4.69, 9.17) is 9.84 Å². The van der Waals surface area contributed by atoms with Gasteiger partial charge >= 0.3 is 5.97 Å². The number of aliphatic hydroxyl groups excluding tert-OH is 2. The van der Waals surface area contributed by atoms with Crippen molar-refractivity contribution in [1.82, 2.24) is 0 Å². The molecule has 3 rings (SSSR count). The van der Waals surface area contributed by atoms with Crippen LogP contribution in [0.25, 0.3) is 0 Å². The summed E-state index contributed by atoms with van der Waals surface area (Å²) in [7, 11) is 0. The molecule has 158 valence electrons. The second kappa shape index (κ2) is 8.73. The number of thiophene rings is 1. The molecule has 1 aromatic carbocycles. The lowest BCUT2D eigenvalue weighted by Crippen LogP contribution is -2.26. The van der Waals surface area contributed by atoms with Crippen molar-refractivity contribution in [2.24, 2.45) is 11.3 Å². The molecule has 29 heavy (non-hydrogen) atoms. The topological polar surface area (TPSA) is 99.0 Å². The van der Waals surface area contributed by atoms with Crippen LogP contribution in [0.3, 0.4) is 0 Å². The molecule has 0 saturated carbocycles. The van der Waals surface area contributed by atoms with E-state index < -0.39 is 12.2 Å². The van der Waals surface area contributed by atoms with E-state index in [1.54, 1.807) is 24.3 Å². The zero-order valence-corrected chi connectivity index (χ0v) is 17.9. The summed E-state index contributed by atoms with van der Waals surface area (Å²) >= 11 is 1.44. The summed E-state index contributed by atoms with van der Waals surface area (Å²) in [6.45, 7) is 6.82. The van der Waals surface area contributed by atoms with Crippen molar-refractivity contribution in [2.75, 3.05) is 18.5 Å². The Hall–Kier alpha value is -2.09. The van der Waals surface area contributed by atoms with Gasteiger partial charge in [-0.3, -0.25) is 0 Å². The Bertz CT molecular complexity index is 853. The molecule has 0 saturated heterocycles. The van der Waals surface area contributed by atoms with Crippen molar-refractivity contribution in [2.45, 2.75) is 46.3 Å². The fourth-order valence-electron chi connectivity index (χ4n) is 3.77. The average molecular weight is 420 g/mol. The van der Waals surface area contributed by atoms with Crippen LogP contribution in [0.15, 0.2) is 24.3 Å². The first kappa shape index (κ1) is 21.6. The van der Waals surface area contributed by atoms with Crippen molar-refractivity contribution in [3.8, 4) is 5.75 Å². The third kappa shape index (κ3) is 4.91. The van der Waals surface area contributed by atoms with Gasteiger partial charge in [0.15, 0.2) is 6.23 Å². The average Bonchev–Trinajstić information content (AvgIpc) is 3.03. The summed E-state index contributed by atoms with van der Waals surface area (Å²) in [5, 5.41) is 32.7. The van der Waals surface area contributed by atoms with E-state index in [9.17, 15) is 15.0 Å². The van der Waals surface area contributed by atoms with E-state index in [0.717, 1.165) is 29.7 Å². The highest BCUT2D eigenvalue weighted by Crippen LogP contribution is 2.44. The second-order valence-corrected chi connectivity index (χ2v) is 9.61. The molecule has 1 heterocycles. The van der Waals surface area contributed by atoms with Crippen molar-refractivity contribution in [3.63, 3.8) is 0 Å². The number of aromatic carboxylic acids is 1. The minimum Gasteiger partial charge on any atom is -0.491 e. The minimum absolute atomic E-state index is 0.0665. The number of nitrogens with one attached hydrogen (secondary N) is 1. The largest absolute Gasteiger partial charge is 0.491 e. The predicted molar refractivity (Wildman–Crippen MR) is 114 cm³/mol. The molecule has 0 aliphatic heterocycles. The van der Waals surface area contributed by atoms with Crippen LogP contribution in [0, 0.1) is 11.3 Å². The third-order valence-electron chi connectivity index (χ3n) is 5.53. The molecular weight excluding hydrogens is 390 g/mol. The fourth-order valence-corrected chi connectivity index (χ4v) is 5.11. The van der Waals surface area contributed by atoms with Crippen LogP contribution in [0.1, 0.15) is 59.8 Å². The molecule has 2 aromatic rings. The molecule has 1 aromatic heterocycles. The highest BCUT2D eigenvalue weighted by Gasteiger charge is 2.34. The molecule has 0 bridgehead atoms. The molecule has 0 fully saturated rings. The number of carboxylic acid groups (broad SMARTS) is 1. The smallest absolute Gasteiger partial charge is 0.338 e. The summed E-state index contributed by atoms with van der Waals surface area (Å²) in [5.74, 6) is 0.153. The van der Waals surface area contributed by atoms with Gasteiger partial charge in [0.1, 0.15) is 17.4 Å². The zero-order chi connectivity index (χ0) is 21.2. The normalized spacial score (nSPS) is 17.5. The number of ether oxygens (including phenoxy) is 1. The van der Waals surface area contributed by atoms with Gasteiger partial charge in [0.2, 0.25) is 0 Å². The van der Waals surface area contributed by atoms with E-state index in [1.165, 1.54) is 11.3 Å². The number of rotatable bonds is 7. The van der Waals surface area contributed by atoms with Crippen LogP contribution < -0.4 is 10.1 Å². The van der Waals surface area contributed by atoms with E-state index in [-0.39, 0.29) is 18.6 Å². The highest BCUT2D eigenvalue weighted by molar-refractivity contribution is 7.16. The second-order valence-electron chi connectivity index (χ2n) is 8.51.